The highest BCUT2D eigenvalue weighted by molar-refractivity contribution is 14.1. The fraction of sp³-hybridized carbons (Fsp3) is 1.00. The molecule has 7 heteroatoms. The van der Waals surface area contributed by atoms with Gasteiger partial charge in [-0.15, -0.1) is 0 Å². The van der Waals surface area contributed by atoms with Crippen LogP contribution in [0.1, 0.15) is 26.2 Å². The van der Waals surface area contributed by atoms with Gasteiger partial charge in [0.25, 0.3) is 0 Å². The Morgan fingerprint density at radius 2 is 2.17 bits per heavy atom. The summed E-state index contributed by atoms with van der Waals surface area (Å²) in [5, 5.41) is 0. The summed E-state index contributed by atoms with van der Waals surface area (Å²) in [6.45, 7) is 2.19. The summed E-state index contributed by atoms with van der Waals surface area (Å²) in [6, 6.07) is 0. The number of hydrogen-bond acceptors (Lipinski definition) is 4. The number of halogens is 2. The lowest BCUT2D eigenvalue weighted by molar-refractivity contribution is -0.0414. The summed E-state index contributed by atoms with van der Waals surface area (Å²) >= 11 is 1.27. The van der Waals surface area contributed by atoms with E-state index < -0.39 is 7.82 Å². The molecule has 0 aliphatic carbocycles. The lowest BCUT2D eigenvalue weighted by Gasteiger charge is -2.07. The van der Waals surface area contributed by atoms with E-state index in [9.17, 15) is 9.09 Å². The molecule has 0 spiro atoms. The summed E-state index contributed by atoms with van der Waals surface area (Å²) in [7, 11) is -3.90. The lowest BCUT2D eigenvalue weighted by Crippen LogP contribution is -1.93. The maximum Gasteiger partial charge on any atom is 0.515 e. The van der Waals surface area contributed by atoms with Gasteiger partial charge in [0.1, 0.15) is 23.0 Å². The van der Waals surface area contributed by atoms with Crippen LogP contribution in [0.2, 0.25) is 0 Å². The third kappa shape index (κ3) is 5.42. The monoisotopic (exact) mass is 312 g/mol. The van der Waals surface area contributed by atoms with Gasteiger partial charge in [-0.1, -0.05) is 24.5 Å². The molecule has 1 unspecified atom stereocenters. The Kier molecular flexibility index (Phi) is 7.66. The summed E-state index contributed by atoms with van der Waals surface area (Å²) in [5.74, 6) is 0. The Bertz CT molecular complexity index is 148. The first kappa shape index (κ1) is 12.8. The molecule has 0 aromatic rings. The van der Waals surface area contributed by atoms with Gasteiger partial charge >= 0.3 is 7.82 Å². The first-order valence-electron chi connectivity index (χ1n) is 3.53. The van der Waals surface area contributed by atoms with Crippen molar-refractivity contribution in [3.05, 3.63) is 0 Å². The molecule has 74 valence electrons. The van der Waals surface area contributed by atoms with Crippen molar-refractivity contribution < 1.29 is 21.2 Å². The highest BCUT2D eigenvalue weighted by atomic mass is 127. The third-order valence-corrected chi connectivity index (χ3v) is 3.45. The van der Waals surface area contributed by atoms with Gasteiger partial charge in [0.2, 0.25) is 0 Å². The molecule has 0 radical (unpaired) electrons. The van der Waals surface area contributed by atoms with Gasteiger partial charge < -0.3 is 0 Å². The molecule has 0 amide bonds. The maximum atomic E-state index is 11.5. The standard InChI is InChI=1S/C5H11FIO4P/c1-2-3-4-5-9-12(8,10-6)11-7/h2-5H2,1H3. The number of hydrogen-bond donors (Lipinski definition) is 0. The predicted molar refractivity (Wildman–Crippen MR) is 50.4 cm³/mol. The summed E-state index contributed by atoms with van der Waals surface area (Å²) in [4.78, 5) is 0. The Morgan fingerprint density at radius 1 is 1.50 bits per heavy atom. The van der Waals surface area contributed by atoms with Crippen molar-refractivity contribution >= 4 is 30.8 Å². The fourth-order valence-corrected chi connectivity index (χ4v) is 1.56. The maximum absolute atomic E-state index is 11.5. The molecule has 1 atom stereocenters. The number of rotatable bonds is 7. The van der Waals surface area contributed by atoms with Crippen molar-refractivity contribution in [2.45, 2.75) is 26.2 Å². The Hall–Kier alpha value is 0.770. The zero-order valence-electron chi connectivity index (χ0n) is 6.66. The molecule has 0 saturated heterocycles. The Labute approximate surface area is 85.0 Å². The van der Waals surface area contributed by atoms with Crippen LogP contribution in [0.5, 0.6) is 0 Å². The van der Waals surface area contributed by atoms with E-state index in [1.165, 1.54) is 23.0 Å². The average molecular weight is 312 g/mol. The first-order chi connectivity index (χ1) is 5.68. The predicted octanol–water partition coefficient (Wildman–Crippen LogP) is 3.57. The molecule has 0 saturated carbocycles. The molecule has 0 bridgehead atoms. The molecule has 0 aliphatic heterocycles. The quantitative estimate of drug-likeness (QED) is 0.409. The number of phosphoric acid groups is 1. The molecule has 4 nitrogen and oxygen atoms in total. The molecule has 0 N–H and O–H groups in total. The zero-order valence-corrected chi connectivity index (χ0v) is 9.72. The van der Waals surface area contributed by atoms with Crippen molar-refractivity contribution in [2.75, 3.05) is 6.61 Å². The van der Waals surface area contributed by atoms with Gasteiger partial charge in [-0.2, -0.15) is 0 Å². The van der Waals surface area contributed by atoms with Gasteiger partial charge in [0.15, 0.2) is 0 Å². The van der Waals surface area contributed by atoms with Crippen molar-refractivity contribution in [2.24, 2.45) is 0 Å². The van der Waals surface area contributed by atoms with Crippen molar-refractivity contribution in [3.63, 3.8) is 0 Å². The van der Waals surface area contributed by atoms with E-state index in [0.29, 0.717) is 6.42 Å². The van der Waals surface area contributed by atoms with E-state index in [4.69, 9.17) is 0 Å². The molecule has 12 heavy (non-hydrogen) atoms. The zero-order chi connectivity index (χ0) is 9.45. The van der Waals surface area contributed by atoms with Gasteiger partial charge in [0.05, 0.1) is 6.61 Å². The summed E-state index contributed by atoms with van der Waals surface area (Å²) in [6.07, 6.45) is 2.66. The van der Waals surface area contributed by atoms with Crippen LogP contribution < -0.4 is 0 Å². The Morgan fingerprint density at radius 3 is 2.58 bits per heavy atom. The van der Waals surface area contributed by atoms with Crippen LogP contribution in [0.4, 0.5) is 4.53 Å². The van der Waals surface area contributed by atoms with Gasteiger partial charge in [-0.25, -0.2) is 7.42 Å². The minimum absolute atomic E-state index is 0.179. The van der Waals surface area contributed by atoms with Crippen LogP contribution in [0.25, 0.3) is 0 Å². The van der Waals surface area contributed by atoms with Crippen LogP contribution in [0.3, 0.4) is 0 Å². The van der Waals surface area contributed by atoms with E-state index in [1.807, 2.05) is 6.92 Å². The van der Waals surface area contributed by atoms with Gasteiger partial charge in [-0.3, -0.25) is 4.52 Å². The third-order valence-electron chi connectivity index (χ3n) is 1.17. The van der Waals surface area contributed by atoms with Crippen molar-refractivity contribution in [1.82, 2.24) is 0 Å². The van der Waals surface area contributed by atoms with Gasteiger partial charge in [0, 0.05) is 0 Å². The van der Waals surface area contributed by atoms with Crippen LogP contribution >= 0.6 is 30.8 Å². The number of unbranched alkanes of at least 4 members (excludes halogenated alkanes) is 2. The topological polar surface area (TPSA) is 44.8 Å². The highest BCUT2D eigenvalue weighted by Crippen LogP contribution is 2.51. The molecular weight excluding hydrogens is 301 g/mol. The van der Waals surface area contributed by atoms with Crippen molar-refractivity contribution in [1.29, 1.82) is 0 Å². The van der Waals surface area contributed by atoms with Crippen LogP contribution in [-0.4, -0.2) is 6.61 Å². The smallest absolute Gasteiger partial charge is 0.285 e. The highest BCUT2D eigenvalue weighted by Gasteiger charge is 2.26. The summed E-state index contributed by atoms with van der Waals surface area (Å²) < 4.78 is 34.2. The summed E-state index contributed by atoms with van der Waals surface area (Å²) in [5.41, 5.74) is 0. The SMILES string of the molecule is CCCCCOP(=O)(OF)OI. The second kappa shape index (κ2) is 7.20. The second-order valence-corrected chi connectivity index (χ2v) is 4.74. The van der Waals surface area contributed by atoms with Crippen LogP contribution in [0, 0.1) is 0 Å². The average Bonchev–Trinajstić information content (AvgIpc) is 2.12. The van der Waals surface area contributed by atoms with E-state index >= 15 is 0 Å². The minimum Gasteiger partial charge on any atom is -0.285 e. The molecule has 0 aromatic heterocycles. The molecular formula is C5H11FIO4P. The normalized spacial score (nSPS) is 15.9. The van der Waals surface area contributed by atoms with Crippen LogP contribution in [-0.2, 0) is 16.7 Å². The van der Waals surface area contributed by atoms with E-state index in [1.54, 1.807) is 0 Å². The van der Waals surface area contributed by atoms with E-state index in [2.05, 4.69) is 12.1 Å². The molecule has 0 fully saturated rings. The molecule has 0 aliphatic rings. The fourth-order valence-electron chi connectivity index (χ4n) is 0.579. The largest absolute Gasteiger partial charge is 0.515 e. The van der Waals surface area contributed by atoms with Crippen molar-refractivity contribution in [3.8, 4) is 0 Å². The first-order valence-corrected chi connectivity index (χ1v) is 5.88. The second-order valence-electron chi connectivity index (χ2n) is 2.13. The van der Waals surface area contributed by atoms with E-state index in [-0.39, 0.29) is 6.61 Å². The van der Waals surface area contributed by atoms with Gasteiger partial charge in [-0.05, 0) is 10.9 Å². The molecule has 0 aromatic carbocycles. The lowest BCUT2D eigenvalue weighted by atomic mass is 10.3. The molecule has 0 rings (SSSR count). The molecule has 0 heterocycles. The van der Waals surface area contributed by atoms with E-state index in [0.717, 1.165) is 12.8 Å². The van der Waals surface area contributed by atoms with Crippen LogP contribution in [0.15, 0.2) is 0 Å². The Balaban J connectivity index is 3.52. The minimum atomic E-state index is -3.90.